The number of nitrogens with zero attached hydrogens (tertiary/aromatic N) is 2. The van der Waals surface area contributed by atoms with Gasteiger partial charge in [0.1, 0.15) is 11.6 Å². The van der Waals surface area contributed by atoms with E-state index in [4.69, 9.17) is 10.5 Å². The van der Waals surface area contributed by atoms with Gasteiger partial charge in [-0.1, -0.05) is 19.1 Å². The Morgan fingerprint density at radius 2 is 2.04 bits per heavy atom. The van der Waals surface area contributed by atoms with E-state index in [1.165, 1.54) is 0 Å². The summed E-state index contributed by atoms with van der Waals surface area (Å²) in [4.78, 5) is 19.2. The van der Waals surface area contributed by atoms with Crippen molar-refractivity contribution in [1.29, 1.82) is 0 Å². The number of para-hydroxylation sites is 2. The number of hydrogen-bond acceptors (Lipinski definition) is 5. The topological polar surface area (TPSA) is 80.5 Å². The SMILES string of the molecule is COc1ccccc1Nc1ncccc1C(=O)N1CCC(C)(CN)C1.Cl.Cl. The molecule has 1 fully saturated rings. The molecule has 1 amide bonds. The summed E-state index contributed by atoms with van der Waals surface area (Å²) in [7, 11) is 1.61. The van der Waals surface area contributed by atoms with Crippen molar-refractivity contribution in [3.63, 3.8) is 0 Å². The third kappa shape index (κ3) is 5.03. The molecule has 1 unspecified atom stereocenters. The second kappa shape index (κ2) is 9.78. The molecule has 0 saturated carbocycles. The van der Waals surface area contributed by atoms with Crippen LogP contribution in [0.4, 0.5) is 11.5 Å². The number of anilines is 2. The van der Waals surface area contributed by atoms with Crippen molar-refractivity contribution < 1.29 is 9.53 Å². The fraction of sp³-hybridized carbons (Fsp3) is 0.368. The van der Waals surface area contributed by atoms with Crippen LogP contribution in [0.15, 0.2) is 42.6 Å². The first kappa shape index (κ1) is 23.0. The van der Waals surface area contributed by atoms with Gasteiger partial charge in [0, 0.05) is 19.3 Å². The summed E-state index contributed by atoms with van der Waals surface area (Å²) in [5.74, 6) is 1.20. The normalized spacial score (nSPS) is 18.3. The number of hydrogen-bond donors (Lipinski definition) is 2. The molecule has 1 aromatic heterocycles. The van der Waals surface area contributed by atoms with Gasteiger partial charge in [0.25, 0.3) is 5.91 Å². The molecule has 148 valence electrons. The monoisotopic (exact) mass is 412 g/mol. The Bertz CT molecular complexity index is 775. The van der Waals surface area contributed by atoms with Gasteiger partial charge in [0.2, 0.25) is 0 Å². The molecule has 1 aromatic carbocycles. The summed E-state index contributed by atoms with van der Waals surface area (Å²) in [6.45, 7) is 4.09. The molecule has 1 aliphatic rings. The molecule has 2 aromatic rings. The van der Waals surface area contributed by atoms with Gasteiger partial charge in [-0.25, -0.2) is 4.98 Å². The fourth-order valence-corrected chi connectivity index (χ4v) is 3.09. The van der Waals surface area contributed by atoms with E-state index in [0.29, 0.717) is 30.2 Å². The van der Waals surface area contributed by atoms with Gasteiger partial charge in [-0.15, -0.1) is 24.8 Å². The minimum atomic E-state index is -0.0253. The lowest BCUT2D eigenvalue weighted by Crippen LogP contribution is -2.34. The van der Waals surface area contributed by atoms with Crippen LogP contribution >= 0.6 is 24.8 Å². The summed E-state index contributed by atoms with van der Waals surface area (Å²) >= 11 is 0. The molecule has 8 heteroatoms. The lowest BCUT2D eigenvalue weighted by Gasteiger charge is -2.23. The Hall–Kier alpha value is -2.02. The number of nitrogens with one attached hydrogen (secondary N) is 1. The zero-order valence-electron chi connectivity index (χ0n) is 15.5. The lowest BCUT2D eigenvalue weighted by molar-refractivity contribution is 0.0777. The number of amides is 1. The smallest absolute Gasteiger partial charge is 0.257 e. The number of halogens is 2. The summed E-state index contributed by atoms with van der Waals surface area (Å²) in [5, 5.41) is 3.22. The van der Waals surface area contributed by atoms with E-state index in [2.05, 4.69) is 17.2 Å². The van der Waals surface area contributed by atoms with Crippen molar-refractivity contribution in [2.45, 2.75) is 13.3 Å². The zero-order chi connectivity index (χ0) is 17.9. The van der Waals surface area contributed by atoms with Gasteiger partial charge >= 0.3 is 0 Å². The second-order valence-corrected chi connectivity index (χ2v) is 6.72. The molecule has 1 atom stereocenters. The largest absolute Gasteiger partial charge is 0.495 e. The Balaban J connectivity index is 0.00000182. The lowest BCUT2D eigenvalue weighted by atomic mass is 9.90. The van der Waals surface area contributed by atoms with Gasteiger partial charge in [-0.2, -0.15) is 0 Å². The number of carbonyl (C=O) groups excluding carboxylic acids is 1. The van der Waals surface area contributed by atoms with Crippen LogP contribution in [-0.4, -0.2) is 42.5 Å². The summed E-state index contributed by atoms with van der Waals surface area (Å²) in [5.41, 5.74) is 7.17. The highest BCUT2D eigenvalue weighted by atomic mass is 35.5. The van der Waals surface area contributed by atoms with Crippen LogP contribution in [0.2, 0.25) is 0 Å². The zero-order valence-corrected chi connectivity index (χ0v) is 17.1. The van der Waals surface area contributed by atoms with Crippen LogP contribution in [0.25, 0.3) is 0 Å². The van der Waals surface area contributed by atoms with E-state index in [1.807, 2.05) is 29.2 Å². The summed E-state index contributed by atoms with van der Waals surface area (Å²) in [6, 6.07) is 11.1. The van der Waals surface area contributed by atoms with Crippen LogP contribution in [0.5, 0.6) is 5.75 Å². The highest BCUT2D eigenvalue weighted by Gasteiger charge is 2.35. The van der Waals surface area contributed by atoms with E-state index in [1.54, 1.807) is 25.4 Å². The van der Waals surface area contributed by atoms with Crippen LogP contribution in [0.3, 0.4) is 0 Å². The number of ether oxygens (including phenoxy) is 1. The molecular weight excluding hydrogens is 387 g/mol. The van der Waals surface area contributed by atoms with Crippen molar-refractivity contribution >= 4 is 42.2 Å². The molecule has 1 aliphatic heterocycles. The van der Waals surface area contributed by atoms with Crippen molar-refractivity contribution in [3.8, 4) is 5.75 Å². The van der Waals surface area contributed by atoms with Crippen molar-refractivity contribution in [3.05, 3.63) is 48.2 Å². The quantitative estimate of drug-likeness (QED) is 0.785. The number of carbonyl (C=O) groups is 1. The second-order valence-electron chi connectivity index (χ2n) is 6.72. The fourth-order valence-electron chi connectivity index (χ4n) is 3.09. The molecule has 3 N–H and O–H groups in total. The molecule has 0 spiro atoms. The Labute approximate surface area is 172 Å². The van der Waals surface area contributed by atoms with Crippen LogP contribution in [0, 0.1) is 5.41 Å². The van der Waals surface area contributed by atoms with Gasteiger partial charge in [0.15, 0.2) is 0 Å². The number of likely N-dealkylation sites (tertiary alicyclic amines) is 1. The molecule has 1 saturated heterocycles. The number of methoxy groups -OCH3 is 1. The van der Waals surface area contributed by atoms with E-state index >= 15 is 0 Å². The van der Waals surface area contributed by atoms with E-state index in [9.17, 15) is 4.79 Å². The molecule has 3 rings (SSSR count). The molecule has 0 radical (unpaired) electrons. The minimum absolute atomic E-state index is 0. The number of rotatable bonds is 5. The average Bonchev–Trinajstić information content (AvgIpc) is 3.05. The standard InChI is InChI=1S/C19H24N4O2.2ClH/c1-19(12-20)9-11-23(13-19)18(24)14-6-5-10-21-17(14)22-15-7-3-4-8-16(15)25-2;;/h3-8,10H,9,11-13,20H2,1-2H3,(H,21,22);2*1H. The van der Waals surface area contributed by atoms with Crippen molar-refractivity contribution in [2.24, 2.45) is 11.1 Å². The molecular formula is C19H26Cl2N4O2. The Morgan fingerprint density at radius 1 is 1.30 bits per heavy atom. The van der Waals surface area contributed by atoms with Gasteiger partial charge in [0.05, 0.1) is 18.4 Å². The molecule has 6 nitrogen and oxygen atoms in total. The molecule has 27 heavy (non-hydrogen) atoms. The maximum atomic E-state index is 13.0. The number of nitrogens with two attached hydrogens (primary N) is 1. The minimum Gasteiger partial charge on any atom is -0.495 e. The predicted octanol–water partition coefficient (Wildman–Crippen LogP) is 3.49. The van der Waals surface area contributed by atoms with Crippen LogP contribution < -0.4 is 15.8 Å². The third-order valence-electron chi connectivity index (χ3n) is 4.74. The molecule has 0 aliphatic carbocycles. The third-order valence-corrected chi connectivity index (χ3v) is 4.74. The maximum absolute atomic E-state index is 13.0. The van der Waals surface area contributed by atoms with E-state index in [-0.39, 0.29) is 36.1 Å². The average molecular weight is 413 g/mol. The van der Waals surface area contributed by atoms with Gasteiger partial charge in [-0.3, -0.25) is 4.79 Å². The number of pyridine rings is 1. The highest BCUT2D eigenvalue weighted by Crippen LogP contribution is 2.32. The van der Waals surface area contributed by atoms with Crippen molar-refractivity contribution in [1.82, 2.24) is 9.88 Å². The van der Waals surface area contributed by atoms with Gasteiger partial charge < -0.3 is 20.7 Å². The van der Waals surface area contributed by atoms with Crippen LogP contribution in [0.1, 0.15) is 23.7 Å². The Morgan fingerprint density at radius 3 is 2.70 bits per heavy atom. The number of aromatic nitrogens is 1. The molecule has 2 heterocycles. The number of benzene rings is 1. The van der Waals surface area contributed by atoms with E-state index in [0.717, 1.165) is 18.7 Å². The first-order valence-corrected chi connectivity index (χ1v) is 8.41. The first-order chi connectivity index (χ1) is 12.1. The highest BCUT2D eigenvalue weighted by molar-refractivity contribution is 5.99. The maximum Gasteiger partial charge on any atom is 0.257 e. The molecule has 0 bridgehead atoms. The summed E-state index contributed by atoms with van der Waals surface area (Å²) < 4.78 is 5.36. The Kier molecular flexibility index (Phi) is 8.34. The van der Waals surface area contributed by atoms with E-state index < -0.39 is 0 Å². The first-order valence-electron chi connectivity index (χ1n) is 8.41. The van der Waals surface area contributed by atoms with Gasteiger partial charge in [-0.05, 0) is 42.6 Å². The summed E-state index contributed by atoms with van der Waals surface area (Å²) in [6.07, 6.45) is 2.59. The predicted molar refractivity (Wildman–Crippen MR) is 113 cm³/mol. The van der Waals surface area contributed by atoms with Crippen molar-refractivity contribution in [2.75, 3.05) is 32.1 Å². The van der Waals surface area contributed by atoms with Crippen LogP contribution in [-0.2, 0) is 0 Å².